The molecule has 0 spiro atoms. The number of aromatic nitrogens is 1. The first kappa shape index (κ1) is 15.6. The van der Waals surface area contributed by atoms with Gasteiger partial charge >= 0.3 is 0 Å². The third-order valence-corrected chi connectivity index (χ3v) is 4.58. The standard InChI is InChI=1S/C19H19ClN2O/c1-12-5-4-6-17(13(12)2)21-19(23)14(3)22-10-9-15-11-16(20)7-8-18(15)22/h4-11,14H,1-3H3,(H,21,23). The van der Waals surface area contributed by atoms with Crippen LogP contribution in [0.2, 0.25) is 5.02 Å². The van der Waals surface area contributed by atoms with Gasteiger partial charge in [0.2, 0.25) is 5.91 Å². The molecule has 4 heteroatoms. The Bertz CT molecular complexity index is 882. The highest BCUT2D eigenvalue weighted by atomic mass is 35.5. The van der Waals surface area contributed by atoms with Gasteiger partial charge in [-0.2, -0.15) is 0 Å². The Labute approximate surface area is 140 Å². The molecule has 3 rings (SSSR count). The third-order valence-electron chi connectivity index (χ3n) is 4.34. The molecule has 1 unspecified atom stereocenters. The molecule has 1 amide bonds. The van der Waals surface area contributed by atoms with Crippen molar-refractivity contribution in [1.29, 1.82) is 0 Å². The Hall–Kier alpha value is -2.26. The molecule has 0 bridgehead atoms. The molecule has 0 aliphatic rings. The van der Waals surface area contributed by atoms with Gasteiger partial charge in [0.15, 0.2) is 0 Å². The van der Waals surface area contributed by atoms with Gasteiger partial charge in [0.05, 0.1) is 0 Å². The van der Waals surface area contributed by atoms with Crippen LogP contribution in [0.15, 0.2) is 48.7 Å². The summed E-state index contributed by atoms with van der Waals surface area (Å²) in [4.78, 5) is 12.6. The lowest BCUT2D eigenvalue weighted by atomic mass is 10.1. The number of carbonyl (C=O) groups excluding carboxylic acids is 1. The van der Waals surface area contributed by atoms with Crippen LogP contribution in [0.25, 0.3) is 10.9 Å². The summed E-state index contributed by atoms with van der Waals surface area (Å²) in [6.45, 7) is 5.95. The molecule has 118 valence electrons. The number of nitrogens with one attached hydrogen (secondary N) is 1. The minimum Gasteiger partial charge on any atom is -0.335 e. The first-order valence-electron chi connectivity index (χ1n) is 7.60. The van der Waals surface area contributed by atoms with E-state index in [-0.39, 0.29) is 11.9 Å². The summed E-state index contributed by atoms with van der Waals surface area (Å²) in [5.41, 5.74) is 4.12. The molecule has 0 fully saturated rings. The summed E-state index contributed by atoms with van der Waals surface area (Å²) in [6, 6.07) is 13.3. The van der Waals surface area contributed by atoms with Crippen LogP contribution in [-0.2, 0) is 4.79 Å². The molecule has 0 radical (unpaired) electrons. The van der Waals surface area contributed by atoms with Crippen LogP contribution in [0, 0.1) is 13.8 Å². The summed E-state index contributed by atoms with van der Waals surface area (Å²) in [5, 5.41) is 4.76. The maximum atomic E-state index is 12.6. The first-order chi connectivity index (χ1) is 11.0. The van der Waals surface area contributed by atoms with Crippen LogP contribution >= 0.6 is 11.6 Å². The van der Waals surface area contributed by atoms with Gasteiger partial charge in [0.1, 0.15) is 6.04 Å². The van der Waals surface area contributed by atoms with Crippen molar-refractivity contribution in [3.8, 4) is 0 Å². The summed E-state index contributed by atoms with van der Waals surface area (Å²) >= 11 is 6.02. The highest BCUT2D eigenvalue weighted by molar-refractivity contribution is 6.31. The van der Waals surface area contributed by atoms with Gasteiger partial charge in [0.25, 0.3) is 0 Å². The molecule has 1 atom stereocenters. The van der Waals surface area contributed by atoms with Crippen molar-refractivity contribution in [3.63, 3.8) is 0 Å². The number of amides is 1. The molecule has 3 nitrogen and oxygen atoms in total. The van der Waals surface area contributed by atoms with Crippen molar-refractivity contribution < 1.29 is 4.79 Å². The van der Waals surface area contributed by atoms with Crippen LogP contribution in [-0.4, -0.2) is 10.5 Å². The zero-order valence-electron chi connectivity index (χ0n) is 13.4. The Morgan fingerprint density at radius 2 is 1.96 bits per heavy atom. The lowest BCUT2D eigenvalue weighted by molar-refractivity contribution is -0.118. The van der Waals surface area contributed by atoms with Crippen molar-refractivity contribution in [3.05, 3.63) is 64.8 Å². The van der Waals surface area contributed by atoms with E-state index in [4.69, 9.17) is 11.6 Å². The number of nitrogens with zero attached hydrogens (tertiary/aromatic N) is 1. The zero-order chi connectivity index (χ0) is 16.6. The second kappa shape index (κ2) is 6.09. The number of benzene rings is 2. The van der Waals surface area contributed by atoms with Crippen LogP contribution < -0.4 is 5.32 Å². The maximum Gasteiger partial charge on any atom is 0.247 e. The molecule has 1 aromatic heterocycles. The van der Waals surface area contributed by atoms with E-state index < -0.39 is 0 Å². The number of rotatable bonds is 3. The predicted molar refractivity (Wildman–Crippen MR) is 96.2 cm³/mol. The lowest BCUT2D eigenvalue weighted by Crippen LogP contribution is -2.23. The molecule has 2 aromatic carbocycles. The molecule has 0 aliphatic carbocycles. The molecule has 23 heavy (non-hydrogen) atoms. The number of aryl methyl sites for hydroxylation is 1. The summed E-state index contributed by atoms with van der Waals surface area (Å²) < 4.78 is 1.96. The lowest BCUT2D eigenvalue weighted by Gasteiger charge is -2.17. The molecular weight excluding hydrogens is 308 g/mol. The third kappa shape index (κ3) is 2.97. The maximum absolute atomic E-state index is 12.6. The first-order valence-corrected chi connectivity index (χ1v) is 7.98. The molecule has 0 saturated carbocycles. The van der Waals surface area contributed by atoms with Crippen LogP contribution in [0.3, 0.4) is 0 Å². The summed E-state index contributed by atoms with van der Waals surface area (Å²) in [5.74, 6) is -0.0360. The van der Waals surface area contributed by atoms with Gasteiger partial charge in [-0.05, 0) is 62.2 Å². The Balaban J connectivity index is 1.88. The number of fused-ring (bicyclic) bond motifs is 1. The van der Waals surface area contributed by atoms with Crippen molar-refractivity contribution in [2.24, 2.45) is 0 Å². The second-order valence-electron chi connectivity index (χ2n) is 5.84. The average Bonchev–Trinajstić information content (AvgIpc) is 2.93. The number of anilines is 1. The van der Waals surface area contributed by atoms with E-state index in [0.29, 0.717) is 5.02 Å². The predicted octanol–water partition coefficient (Wildman–Crippen LogP) is 5.11. The van der Waals surface area contributed by atoms with E-state index in [1.54, 1.807) is 0 Å². The molecule has 0 saturated heterocycles. The molecule has 0 aliphatic heterocycles. The topological polar surface area (TPSA) is 34.0 Å². The van der Waals surface area contributed by atoms with Crippen LogP contribution in [0.1, 0.15) is 24.1 Å². The largest absolute Gasteiger partial charge is 0.335 e. The summed E-state index contributed by atoms with van der Waals surface area (Å²) in [7, 11) is 0. The zero-order valence-corrected chi connectivity index (χ0v) is 14.2. The molecule has 1 heterocycles. The number of hydrogen-bond acceptors (Lipinski definition) is 1. The van der Waals surface area contributed by atoms with Crippen LogP contribution in [0.5, 0.6) is 0 Å². The fraction of sp³-hybridized carbons (Fsp3) is 0.211. The molecule has 1 N–H and O–H groups in total. The normalized spacial score (nSPS) is 12.3. The SMILES string of the molecule is Cc1cccc(NC(=O)C(C)n2ccc3cc(Cl)ccc32)c1C. The van der Waals surface area contributed by atoms with Gasteiger partial charge in [-0.3, -0.25) is 4.79 Å². The Kier molecular flexibility index (Phi) is 4.14. The minimum absolute atomic E-state index is 0.0360. The number of halogens is 1. The van der Waals surface area contributed by atoms with E-state index >= 15 is 0 Å². The monoisotopic (exact) mass is 326 g/mol. The van der Waals surface area contributed by atoms with E-state index in [9.17, 15) is 4.79 Å². The highest BCUT2D eigenvalue weighted by Crippen LogP contribution is 2.25. The number of hydrogen-bond donors (Lipinski definition) is 1. The Morgan fingerprint density at radius 3 is 2.74 bits per heavy atom. The number of carbonyl (C=O) groups is 1. The second-order valence-corrected chi connectivity index (χ2v) is 6.28. The molecule has 3 aromatic rings. The smallest absolute Gasteiger partial charge is 0.247 e. The van der Waals surface area contributed by atoms with Gasteiger partial charge in [0, 0.05) is 27.8 Å². The quantitative estimate of drug-likeness (QED) is 0.713. The van der Waals surface area contributed by atoms with Gasteiger partial charge in [-0.15, -0.1) is 0 Å². The fourth-order valence-electron chi connectivity index (χ4n) is 2.72. The highest BCUT2D eigenvalue weighted by Gasteiger charge is 2.17. The molecular formula is C19H19ClN2O. The van der Waals surface area contributed by atoms with E-state index in [1.165, 1.54) is 0 Å². The summed E-state index contributed by atoms with van der Waals surface area (Å²) in [6.07, 6.45) is 1.92. The van der Waals surface area contributed by atoms with E-state index in [1.807, 2.05) is 74.0 Å². The van der Waals surface area contributed by atoms with Crippen molar-refractivity contribution in [2.75, 3.05) is 5.32 Å². The van der Waals surface area contributed by atoms with Gasteiger partial charge in [-0.1, -0.05) is 23.7 Å². The van der Waals surface area contributed by atoms with E-state index in [2.05, 4.69) is 5.32 Å². The minimum atomic E-state index is -0.311. The van der Waals surface area contributed by atoms with Crippen molar-refractivity contribution in [1.82, 2.24) is 4.57 Å². The Morgan fingerprint density at radius 1 is 1.17 bits per heavy atom. The average molecular weight is 327 g/mol. The fourth-order valence-corrected chi connectivity index (χ4v) is 2.90. The van der Waals surface area contributed by atoms with Crippen molar-refractivity contribution in [2.45, 2.75) is 26.8 Å². The van der Waals surface area contributed by atoms with E-state index in [0.717, 1.165) is 27.7 Å². The van der Waals surface area contributed by atoms with Gasteiger partial charge in [-0.25, -0.2) is 0 Å². The van der Waals surface area contributed by atoms with Crippen molar-refractivity contribution >= 4 is 34.1 Å². The van der Waals surface area contributed by atoms with Crippen LogP contribution in [0.4, 0.5) is 5.69 Å². The van der Waals surface area contributed by atoms with Gasteiger partial charge < -0.3 is 9.88 Å².